The van der Waals surface area contributed by atoms with Crippen molar-refractivity contribution in [2.75, 3.05) is 5.43 Å². The number of hydrogen-bond acceptors (Lipinski definition) is 5. The third-order valence-electron chi connectivity index (χ3n) is 1.83. The van der Waals surface area contributed by atoms with Crippen LogP contribution in [0.2, 0.25) is 0 Å². The minimum absolute atomic E-state index is 0.0674. The monoisotopic (exact) mass is 251 g/mol. The molecule has 98 valence electrons. The van der Waals surface area contributed by atoms with Crippen LogP contribution >= 0.6 is 0 Å². The maximum Gasteiger partial charge on any atom is 0.426 e. The zero-order valence-electron chi connectivity index (χ0n) is 10.4. The van der Waals surface area contributed by atoms with Crippen LogP contribution in [-0.4, -0.2) is 17.7 Å². The molecule has 6 heteroatoms. The number of hydrogen-bond donors (Lipinski definition) is 2. The predicted molar refractivity (Wildman–Crippen MR) is 63.8 cm³/mol. The SMILES string of the molecule is CC(C)(C)OC(=O)NNc1ccc(C(=O)[O-])cc1. The number of anilines is 1. The first-order valence-corrected chi connectivity index (χ1v) is 5.34. The van der Waals surface area contributed by atoms with Crippen molar-refractivity contribution in [3.8, 4) is 0 Å². The molecule has 0 bridgehead atoms. The van der Waals surface area contributed by atoms with E-state index in [1.807, 2.05) is 0 Å². The van der Waals surface area contributed by atoms with Crippen molar-refractivity contribution in [1.82, 2.24) is 5.43 Å². The van der Waals surface area contributed by atoms with E-state index in [0.29, 0.717) is 5.69 Å². The summed E-state index contributed by atoms with van der Waals surface area (Å²) in [6, 6.07) is 5.74. The van der Waals surface area contributed by atoms with Crippen LogP contribution in [0.5, 0.6) is 0 Å². The second kappa shape index (κ2) is 5.39. The van der Waals surface area contributed by atoms with E-state index in [1.165, 1.54) is 24.3 Å². The molecule has 1 aromatic carbocycles. The summed E-state index contributed by atoms with van der Waals surface area (Å²) in [4.78, 5) is 21.8. The van der Waals surface area contributed by atoms with Crippen molar-refractivity contribution in [1.29, 1.82) is 0 Å². The van der Waals surface area contributed by atoms with Gasteiger partial charge in [0.2, 0.25) is 0 Å². The Labute approximate surface area is 105 Å². The predicted octanol–water partition coefficient (Wildman–Crippen LogP) is 0.902. The van der Waals surface area contributed by atoms with Gasteiger partial charge in [-0.05, 0) is 38.5 Å². The molecule has 0 aromatic heterocycles. The molecule has 0 saturated heterocycles. The van der Waals surface area contributed by atoms with Gasteiger partial charge in [-0.2, -0.15) is 0 Å². The summed E-state index contributed by atoms with van der Waals surface area (Å²) in [5.41, 5.74) is 4.95. The van der Waals surface area contributed by atoms with Crippen molar-refractivity contribution in [3.63, 3.8) is 0 Å². The molecule has 6 nitrogen and oxygen atoms in total. The van der Waals surface area contributed by atoms with Crippen LogP contribution in [0.25, 0.3) is 0 Å². The van der Waals surface area contributed by atoms with Crippen LogP contribution in [0, 0.1) is 0 Å². The molecule has 0 radical (unpaired) electrons. The summed E-state index contributed by atoms with van der Waals surface area (Å²) in [6.45, 7) is 5.25. The fraction of sp³-hybridized carbons (Fsp3) is 0.333. The molecule has 0 saturated carbocycles. The van der Waals surface area contributed by atoms with Crippen LogP contribution in [0.3, 0.4) is 0 Å². The lowest BCUT2D eigenvalue weighted by Crippen LogP contribution is -2.35. The van der Waals surface area contributed by atoms with E-state index in [0.717, 1.165) is 0 Å². The van der Waals surface area contributed by atoms with Gasteiger partial charge >= 0.3 is 6.09 Å². The summed E-state index contributed by atoms with van der Waals surface area (Å²) in [5, 5.41) is 10.5. The Bertz CT molecular complexity index is 434. The lowest BCUT2D eigenvalue weighted by atomic mass is 10.2. The molecule has 0 heterocycles. The minimum Gasteiger partial charge on any atom is -0.545 e. The molecule has 1 aromatic rings. The highest BCUT2D eigenvalue weighted by molar-refractivity contribution is 5.86. The van der Waals surface area contributed by atoms with E-state index >= 15 is 0 Å². The Kier molecular flexibility index (Phi) is 4.14. The normalized spacial score (nSPS) is 10.6. The topological polar surface area (TPSA) is 90.5 Å². The van der Waals surface area contributed by atoms with Crippen molar-refractivity contribution in [2.45, 2.75) is 26.4 Å². The fourth-order valence-electron chi connectivity index (χ4n) is 1.12. The Hall–Kier alpha value is -2.24. The minimum atomic E-state index is -1.25. The summed E-state index contributed by atoms with van der Waals surface area (Å²) >= 11 is 0. The Morgan fingerprint density at radius 3 is 2.17 bits per heavy atom. The maximum atomic E-state index is 11.3. The second-order valence-electron chi connectivity index (χ2n) is 4.62. The first kappa shape index (κ1) is 13.8. The van der Waals surface area contributed by atoms with Gasteiger partial charge in [-0.1, -0.05) is 12.1 Å². The molecule has 2 N–H and O–H groups in total. The highest BCUT2D eigenvalue weighted by atomic mass is 16.6. The van der Waals surface area contributed by atoms with E-state index in [9.17, 15) is 14.7 Å². The summed E-state index contributed by atoms with van der Waals surface area (Å²) in [5.74, 6) is -1.25. The number of aromatic carboxylic acids is 1. The number of amides is 1. The largest absolute Gasteiger partial charge is 0.545 e. The van der Waals surface area contributed by atoms with E-state index in [2.05, 4.69) is 10.9 Å². The van der Waals surface area contributed by atoms with Crippen molar-refractivity contribution < 1.29 is 19.4 Å². The van der Waals surface area contributed by atoms with Crippen LogP contribution in [0.4, 0.5) is 10.5 Å². The zero-order chi connectivity index (χ0) is 13.8. The van der Waals surface area contributed by atoms with Crippen LogP contribution in [0.15, 0.2) is 24.3 Å². The lowest BCUT2D eigenvalue weighted by Gasteiger charge is -2.20. The standard InChI is InChI=1S/C12H16N2O4/c1-12(2,3)18-11(17)14-13-9-6-4-8(5-7-9)10(15)16/h4-7,13H,1-3H3,(H,14,17)(H,15,16)/p-1. The summed E-state index contributed by atoms with van der Waals surface area (Å²) in [6.07, 6.45) is -0.619. The molecule has 0 fully saturated rings. The van der Waals surface area contributed by atoms with Gasteiger partial charge in [-0.25, -0.2) is 10.2 Å². The van der Waals surface area contributed by atoms with Gasteiger partial charge in [0.1, 0.15) is 5.60 Å². The number of carbonyl (C=O) groups excluding carboxylic acids is 2. The number of hydrazine groups is 1. The van der Waals surface area contributed by atoms with Crippen molar-refractivity contribution in [3.05, 3.63) is 29.8 Å². The number of nitrogens with one attached hydrogen (secondary N) is 2. The number of benzene rings is 1. The van der Waals surface area contributed by atoms with Gasteiger partial charge in [0.05, 0.1) is 11.7 Å². The average Bonchev–Trinajstić information content (AvgIpc) is 2.24. The summed E-state index contributed by atoms with van der Waals surface area (Å²) in [7, 11) is 0. The van der Waals surface area contributed by atoms with E-state index < -0.39 is 17.7 Å². The third-order valence-corrected chi connectivity index (χ3v) is 1.83. The number of rotatable bonds is 3. The molecule has 0 atom stereocenters. The second-order valence-corrected chi connectivity index (χ2v) is 4.62. The van der Waals surface area contributed by atoms with Crippen molar-refractivity contribution in [2.24, 2.45) is 0 Å². The van der Waals surface area contributed by atoms with E-state index in [4.69, 9.17) is 4.74 Å². The molecular formula is C12H15N2O4-. The lowest BCUT2D eigenvalue weighted by molar-refractivity contribution is -0.255. The Morgan fingerprint density at radius 2 is 1.72 bits per heavy atom. The van der Waals surface area contributed by atoms with Crippen LogP contribution < -0.4 is 16.0 Å². The first-order chi connectivity index (χ1) is 8.28. The molecule has 0 spiro atoms. The van der Waals surface area contributed by atoms with Gasteiger partial charge in [-0.3, -0.25) is 5.43 Å². The van der Waals surface area contributed by atoms with Gasteiger partial charge in [0.15, 0.2) is 0 Å². The number of carbonyl (C=O) groups is 2. The molecular weight excluding hydrogens is 236 g/mol. The molecule has 0 aliphatic carbocycles. The number of carboxylic acids is 1. The first-order valence-electron chi connectivity index (χ1n) is 5.34. The summed E-state index contributed by atoms with van der Waals surface area (Å²) < 4.78 is 5.00. The molecule has 1 amide bonds. The highest BCUT2D eigenvalue weighted by Gasteiger charge is 2.15. The van der Waals surface area contributed by atoms with Crippen LogP contribution in [0.1, 0.15) is 31.1 Å². The van der Waals surface area contributed by atoms with Gasteiger partial charge in [0, 0.05) is 0 Å². The van der Waals surface area contributed by atoms with Crippen molar-refractivity contribution >= 4 is 17.7 Å². The van der Waals surface area contributed by atoms with E-state index in [-0.39, 0.29) is 5.56 Å². The third kappa shape index (κ3) is 4.73. The Balaban J connectivity index is 2.49. The number of carboxylic acid groups (broad SMARTS) is 1. The zero-order valence-corrected chi connectivity index (χ0v) is 10.4. The van der Waals surface area contributed by atoms with Gasteiger partial charge < -0.3 is 14.6 Å². The molecule has 0 aliphatic heterocycles. The smallest absolute Gasteiger partial charge is 0.426 e. The molecule has 18 heavy (non-hydrogen) atoms. The quantitative estimate of drug-likeness (QED) is 0.779. The molecule has 0 unspecified atom stereocenters. The average molecular weight is 251 g/mol. The highest BCUT2D eigenvalue weighted by Crippen LogP contribution is 2.09. The van der Waals surface area contributed by atoms with E-state index in [1.54, 1.807) is 20.8 Å². The fourth-order valence-corrected chi connectivity index (χ4v) is 1.12. The van der Waals surface area contributed by atoms with Crippen LogP contribution in [-0.2, 0) is 4.74 Å². The maximum absolute atomic E-state index is 11.3. The molecule has 0 aliphatic rings. The molecule has 1 rings (SSSR count). The van der Waals surface area contributed by atoms with Gasteiger partial charge in [-0.15, -0.1) is 0 Å². The number of ether oxygens (including phenoxy) is 1. The Morgan fingerprint density at radius 1 is 1.17 bits per heavy atom. The van der Waals surface area contributed by atoms with Gasteiger partial charge in [0.25, 0.3) is 0 Å².